The Labute approximate surface area is 112 Å². The van der Waals surface area contributed by atoms with Crippen LogP contribution < -0.4 is 10.5 Å². The van der Waals surface area contributed by atoms with Gasteiger partial charge in [0.2, 0.25) is 0 Å². The predicted octanol–water partition coefficient (Wildman–Crippen LogP) is 1.96. The molecule has 4 nitrogen and oxygen atoms in total. The molecule has 1 saturated heterocycles. The monoisotopic (exact) mass is 268 g/mol. The highest BCUT2D eigenvalue weighted by atomic mass is 32.1. The van der Waals surface area contributed by atoms with Crippen LogP contribution in [0, 0.1) is 5.41 Å². The van der Waals surface area contributed by atoms with Crippen LogP contribution in [0.5, 0.6) is 5.75 Å². The van der Waals surface area contributed by atoms with E-state index in [-0.39, 0.29) is 17.4 Å². The van der Waals surface area contributed by atoms with E-state index < -0.39 is 0 Å². The molecule has 1 aromatic rings. The van der Waals surface area contributed by atoms with Crippen LogP contribution in [-0.4, -0.2) is 37.0 Å². The van der Waals surface area contributed by atoms with Gasteiger partial charge in [-0.3, -0.25) is 4.79 Å². The van der Waals surface area contributed by atoms with E-state index in [4.69, 9.17) is 10.5 Å². The number of ether oxygens (including phenoxy) is 1. The summed E-state index contributed by atoms with van der Waals surface area (Å²) in [6.07, 6.45) is 0.862. The van der Waals surface area contributed by atoms with Gasteiger partial charge in [0, 0.05) is 30.6 Å². The molecule has 0 spiro atoms. The predicted molar refractivity (Wildman–Crippen MR) is 73.1 cm³/mol. The summed E-state index contributed by atoms with van der Waals surface area (Å²) >= 11 is 1.43. The zero-order valence-electron chi connectivity index (χ0n) is 11.1. The number of nitrogens with zero attached hydrogens (tertiary/aromatic N) is 1. The lowest BCUT2D eigenvalue weighted by atomic mass is 9.79. The molecular formula is C13H20N2O2S. The number of nitrogens with two attached hydrogens (primary N) is 1. The number of hydrogen-bond acceptors (Lipinski definition) is 4. The standard InChI is InChI=1S/C13H20N2O2S/c1-13(2)8-15(5-4-11(13)14)12(16)10-6-9(17-3)7-18-10/h6-7,11H,4-5,8,14H2,1-3H3. The summed E-state index contributed by atoms with van der Waals surface area (Å²) in [7, 11) is 1.61. The molecule has 1 aliphatic heterocycles. The Morgan fingerprint density at radius 2 is 2.33 bits per heavy atom. The third-order valence-electron chi connectivity index (χ3n) is 3.62. The van der Waals surface area contributed by atoms with Crippen LogP contribution in [0.3, 0.4) is 0 Å². The van der Waals surface area contributed by atoms with Crippen molar-refractivity contribution in [1.29, 1.82) is 0 Å². The average molecular weight is 268 g/mol. The summed E-state index contributed by atoms with van der Waals surface area (Å²) in [6, 6.07) is 1.97. The van der Waals surface area contributed by atoms with E-state index in [1.54, 1.807) is 13.2 Å². The smallest absolute Gasteiger partial charge is 0.264 e. The maximum atomic E-state index is 12.4. The van der Waals surface area contributed by atoms with Gasteiger partial charge in [0.1, 0.15) is 5.75 Å². The first kappa shape index (κ1) is 13.4. The average Bonchev–Trinajstić information content (AvgIpc) is 2.80. The molecule has 18 heavy (non-hydrogen) atoms. The number of thiophene rings is 1. The first-order valence-corrected chi connectivity index (χ1v) is 6.99. The van der Waals surface area contributed by atoms with Crippen LogP contribution in [0.1, 0.15) is 29.9 Å². The molecule has 1 amide bonds. The van der Waals surface area contributed by atoms with Gasteiger partial charge in [0.05, 0.1) is 12.0 Å². The Hall–Kier alpha value is -1.07. The van der Waals surface area contributed by atoms with Crippen molar-refractivity contribution in [1.82, 2.24) is 4.90 Å². The van der Waals surface area contributed by atoms with Gasteiger partial charge in [0.15, 0.2) is 0 Å². The van der Waals surface area contributed by atoms with E-state index in [0.717, 1.165) is 23.6 Å². The highest BCUT2D eigenvalue weighted by Gasteiger charge is 2.35. The van der Waals surface area contributed by atoms with E-state index in [2.05, 4.69) is 13.8 Å². The maximum Gasteiger partial charge on any atom is 0.264 e. The third kappa shape index (κ3) is 2.52. The second kappa shape index (κ2) is 4.90. The topological polar surface area (TPSA) is 55.6 Å². The van der Waals surface area contributed by atoms with Gasteiger partial charge in [-0.05, 0) is 11.8 Å². The summed E-state index contributed by atoms with van der Waals surface area (Å²) in [4.78, 5) is 15.0. The molecule has 100 valence electrons. The molecular weight excluding hydrogens is 248 g/mol. The zero-order chi connectivity index (χ0) is 13.3. The number of carbonyl (C=O) groups excluding carboxylic acids is 1. The minimum Gasteiger partial charge on any atom is -0.496 e. The second-order valence-electron chi connectivity index (χ2n) is 5.46. The molecule has 1 atom stereocenters. The number of amides is 1. The van der Waals surface area contributed by atoms with Crippen molar-refractivity contribution in [3.05, 3.63) is 16.3 Å². The fourth-order valence-electron chi connectivity index (χ4n) is 2.24. The normalized spacial score (nSPS) is 22.9. The number of rotatable bonds is 2. The lowest BCUT2D eigenvalue weighted by Crippen LogP contribution is -2.53. The fraction of sp³-hybridized carbons (Fsp3) is 0.615. The summed E-state index contributed by atoms with van der Waals surface area (Å²) in [5, 5.41) is 1.86. The van der Waals surface area contributed by atoms with Gasteiger partial charge in [-0.1, -0.05) is 13.8 Å². The highest BCUT2D eigenvalue weighted by Crippen LogP contribution is 2.30. The van der Waals surface area contributed by atoms with Gasteiger partial charge in [-0.15, -0.1) is 11.3 Å². The molecule has 0 saturated carbocycles. The molecule has 1 fully saturated rings. The van der Waals surface area contributed by atoms with Gasteiger partial charge in [0.25, 0.3) is 5.91 Å². The Morgan fingerprint density at radius 3 is 2.89 bits per heavy atom. The van der Waals surface area contributed by atoms with Gasteiger partial charge in [-0.25, -0.2) is 0 Å². The number of likely N-dealkylation sites (tertiary alicyclic amines) is 1. The highest BCUT2D eigenvalue weighted by molar-refractivity contribution is 7.12. The lowest BCUT2D eigenvalue weighted by Gasteiger charge is -2.42. The number of methoxy groups -OCH3 is 1. The van der Waals surface area contributed by atoms with Crippen molar-refractivity contribution in [2.24, 2.45) is 11.1 Å². The van der Waals surface area contributed by atoms with Crippen LogP contribution in [0.25, 0.3) is 0 Å². The van der Waals surface area contributed by atoms with E-state index in [0.29, 0.717) is 6.54 Å². The van der Waals surface area contributed by atoms with Crippen molar-refractivity contribution in [2.75, 3.05) is 20.2 Å². The molecule has 0 aliphatic carbocycles. The Bertz CT molecular complexity index is 442. The molecule has 2 N–H and O–H groups in total. The zero-order valence-corrected chi connectivity index (χ0v) is 11.9. The minimum absolute atomic E-state index is 0.0186. The summed E-state index contributed by atoms with van der Waals surface area (Å²) in [5.74, 6) is 0.833. The summed E-state index contributed by atoms with van der Waals surface area (Å²) in [5.41, 5.74) is 6.07. The van der Waals surface area contributed by atoms with Crippen molar-refractivity contribution in [3.63, 3.8) is 0 Å². The largest absolute Gasteiger partial charge is 0.496 e. The van der Waals surface area contributed by atoms with Crippen LogP contribution in [-0.2, 0) is 0 Å². The van der Waals surface area contributed by atoms with Crippen molar-refractivity contribution in [3.8, 4) is 5.75 Å². The molecule has 2 heterocycles. The summed E-state index contributed by atoms with van der Waals surface area (Å²) in [6.45, 7) is 5.69. The fourth-order valence-corrected chi connectivity index (χ4v) is 3.06. The molecule has 1 aromatic heterocycles. The first-order valence-electron chi connectivity index (χ1n) is 6.11. The third-order valence-corrected chi connectivity index (χ3v) is 4.52. The molecule has 2 rings (SSSR count). The molecule has 0 bridgehead atoms. The van der Waals surface area contributed by atoms with Gasteiger partial charge in [-0.2, -0.15) is 0 Å². The van der Waals surface area contributed by atoms with Gasteiger partial charge >= 0.3 is 0 Å². The maximum absolute atomic E-state index is 12.4. The first-order chi connectivity index (χ1) is 8.44. The van der Waals surface area contributed by atoms with Crippen LogP contribution in [0.15, 0.2) is 11.4 Å². The SMILES string of the molecule is COc1csc(C(=O)N2CCC(N)C(C)(C)C2)c1. The number of hydrogen-bond donors (Lipinski definition) is 1. The van der Waals surface area contributed by atoms with E-state index in [1.807, 2.05) is 10.3 Å². The number of piperidine rings is 1. The Kier molecular flexibility index (Phi) is 3.64. The molecule has 1 aliphatic rings. The van der Waals surface area contributed by atoms with E-state index in [1.165, 1.54) is 11.3 Å². The molecule has 5 heteroatoms. The van der Waals surface area contributed by atoms with Gasteiger partial charge < -0.3 is 15.4 Å². The van der Waals surface area contributed by atoms with Crippen molar-refractivity contribution < 1.29 is 9.53 Å². The van der Waals surface area contributed by atoms with Crippen LogP contribution in [0.2, 0.25) is 0 Å². The van der Waals surface area contributed by atoms with Crippen molar-refractivity contribution >= 4 is 17.2 Å². The molecule has 0 radical (unpaired) electrons. The second-order valence-corrected chi connectivity index (χ2v) is 6.37. The lowest BCUT2D eigenvalue weighted by molar-refractivity contribution is 0.0537. The Balaban J connectivity index is 2.10. The molecule has 0 aromatic carbocycles. The van der Waals surface area contributed by atoms with Crippen molar-refractivity contribution in [2.45, 2.75) is 26.3 Å². The quantitative estimate of drug-likeness (QED) is 0.892. The number of carbonyl (C=O) groups is 1. The van der Waals surface area contributed by atoms with Crippen LogP contribution >= 0.6 is 11.3 Å². The Morgan fingerprint density at radius 1 is 1.61 bits per heavy atom. The van der Waals surface area contributed by atoms with E-state index >= 15 is 0 Å². The van der Waals surface area contributed by atoms with Crippen LogP contribution in [0.4, 0.5) is 0 Å². The minimum atomic E-state index is -0.0186. The summed E-state index contributed by atoms with van der Waals surface area (Å²) < 4.78 is 5.11. The van der Waals surface area contributed by atoms with E-state index in [9.17, 15) is 4.79 Å². The molecule has 1 unspecified atom stereocenters.